The predicted octanol–water partition coefficient (Wildman–Crippen LogP) is 1.82. The Labute approximate surface area is 142 Å². The summed E-state index contributed by atoms with van der Waals surface area (Å²) in [5, 5.41) is 18.4. The molecule has 136 valence electrons. The Bertz CT molecular complexity index is 902. The molecule has 0 aliphatic rings. The quantitative estimate of drug-likeness (QED) is 0.772. The molecule has 0 aliphatic carbocycles. The van der Waals surface area contributed by atoms with Crippen LogP contribution in [0.15, 0.2) is 24.3 Å². The van der Waals surface area contributed by atoms with Crippen molar-refractivity contribution in [3.05, 3.63) is 41.5 Å². The van der Waals surface area contributed by atoms with Gasteiger partial charge in [-0.05, 0) is 19.1 Å². The van der Waals surface area contributed by atoms with Crippen LogP contribution in [0.25, 0.3) is 5.69 Å². The van der Waals surface area contributed by atoms with E-state index < -0.39 is 50.0 Å². The second-order valence-electron chi connectivity index (χ2n) is 5.21. The maximum absolute atomic E-state index is 13.4. The topological polar surface area (TPSA) is 106 Å². The predicted molar refractivity (Wildman–Crippen MR) is 83.2 cm³/mol. The van der Waals surface area contributed by atoms with Crippen molar-refractivity contribution in [3.8, 4) is 17.4 Å². The van der Waals surface area contributed by atoms with Crippen molar-refractivity contribution in [2.24, 2.45) is 0 Å². The second-order valence-corrected chi connectivity index (χ2v) is 7.34. The van der Waals surface area contributed by atoms with Crippen molar-refractivity contribution in [1.82, 2.24) is 4.57 Å². The van der Waals surface area contributed by atoms with Crippen LogP contribution >= 0.6 is 0 Å². The monoisotopic (exact) mass is 375 g/mol. The van der Waals surface area contributed by atoms with Crippen LogP contribution in [0.4, 0.5) is 8.78 Å². The summed E-state index contributed by atoms with van der Waals surface area (Å²) in [6.07, 6.45) is 0.754. The third-order valence-corrected chi connectivity index (χ3v) is 4.60. The van der Waals surface area contributed by atoms with Crippen LogP contribution in [-0.2, 0) is 19.4 Å². The Morgan fingerprint density at radius 2 is 1.76 bits per heavy atom. The highest BCUT2D eigenvalue weighted by molar-refractivity contribution is 7.91. The van der Waals surface area contributed by atoms with Crippen LogP contribution in [0.1, 0.15) is 17.7 Å². The van der Waals surface area contributed by atoms with Crippen molar-refractivity contribution in [2.75, 3.05) is 12.9 Å². The van der Waals surface area contributed by atoms with Crippen LogP contribution in [0.2, 0.25) is 0 Å². The molecular weight excluding hydrogens is 360 g/mol. The van der Waals surface area contributed by atoms with E-state index >= 15 is 0 Å². The van der Waals surface area contributed by atoms with Crippen molar-refractivity contribution in [2.45, 2.75) is 12.2 Å². The van der Waals surface area contributed by atoms with Crippen molar-refractivity contribution < 1.29 is 36.9 Å². The number of benzene rings is 1. The molecule has 10 heteroatoms. The lowest BCUT2D eigenvalue weighted by Gasteiger charge is -2.13. The van der Waals surface area contributed by atoms with E-state index in [-0.39, 0.29) is 12.3 Å². The first-order valence-electron chi connectivity index (χ1n) is 7.01. The van der Waals surface area contributed by atoms with Gasteiger partial charge < -0.3 is 14.9 Å². The molecule has 0 saturated carbocycles. The fraction of sp³-hybridized carbons (Fsp3) is 0.267. The number of hydrogen-bond acceptors (Lipinski definition) is 6. The zero-order valence-electron chi connectivity index (χ0n) is 13.2. The van der Waals surface area contributed by atoms with Crippen LogP contribution in [0.5, 0.6) is 11.8 Å². The Balaban J connectivity index is 2.66. The fourth-order valence-corrected chi connectivity index (χ4v) is 3.42. The number of carbonyl (C=O) groups excluding carboxylic acids is 1. The van der Waals surface area contributed by atoms with E-state index in [1.54, 1.807) is 0 Å². The molecule has 0 fully saturated rings. The number of sulfone groups is 1. The standard InChI is InChI=1S/C15H15F2NO6S/c1-3-24-15(21)13(25(2,22)23)11-7-12(19)18(14(11)20)10-5-8(16)4-9(17)6-10/h4-7,13,19-20H,3H2,1-2H3. The molecule has 1 aromatic carbocycles. The number of ether oxygens (including phenoxy) is 1. The van der Waals surface area contributed by atoms with Crippen molar-refractivity contribution >= 4 is 15.8 Å². The van der Waals surface area contributed by atoms with Gasteiger partial charge in [0.2, 0.25) is 5.88 Å². The van der Waals surface area contributed by atoms with E-state index in [1.165, 1.54) is 6.92 Å². The summed E-state index contributed by atoms with van der Waals surface area (Å²) in [5.74, 6) is -4.67. The van der Waals surface area contributed by atoms with Gasteiger partial charge in [-0.15, -0.1) is 0 Å². The van der Waals surface area contributed by atoms with E-state index in [9.17, 15) is 32.2 Å². The van der Waals surface area contributed by atoms with Crippen LogP contribution in [0.3, 0.4) is 0 Å². The number of aromatic nitrogens is 1. The summed E-state index contributed by atoms with van der Waals surface area (Å²) in [6, 6.07) is 3.03. The van der Waals surface area contributed by atoms with Crippen molar-refractivity contribution in [1.29, 1.82) is 0 Å². The van der Waals surface area contributed by atoms with Crippen LogP contribution < -0.4 is 0 Å². The van der Waals surface area contributed by atoms with E-state index in [0.717, 1.165) is 24.5 Å². The van der Waals surface area contributed by atoms with E-state index in [0.29, 0.717) is 10.6 Å². The van der Waals surface area contributed by atoms with Gasteiger partial charge in [-0.25, -0.2) is 17.2 Å². The summed E-state index contributed by atoms with van der Waals surface area (Å²) in [4.78, 5) is 12.0. The van der Waals surface area contributed by atoms with Gasteiger partial charge in [-0.2, -0.15) is 0 Å². The number of carbonyl (C=O) groups is 1. The van der Waals surface area contributed by atoms with Crippen LogP contribution in [-0.4, -0.2) is 42.0 Å². The summed E-state index contributed by atoms with van der Waals surface area (Å²) >= 11 is 0. The zero-order chi connectivity index (χ0) is 18.9. The molecule has 0 aliphatic heterocycles. The lowest BCUT2D eigenvalue weighted by atomic mass is 10.2. The van der Waals surface area contributed by atoms with E-state index in [1.807, 2.05) is 0 Å². The Hall–Kier alpha value is -2.62. The SMILES string of the molecule is CCOC(=O)C(c1cc(O)n(-c2cc(F)cc(F)c2)c1O)S(C)(=O)=O. The van der Waals surface area contributed by atoms with E-state index in [4.69, 9.17) is 4.74 Å². The molecule has 0 amide bonds. The average molecular weight is 375 g/mol. The fourth-order valence-electron chi connectivity index (χ4n) is 2.37. The highest BCUT2D eigenvalue weighted by Gasteiger charge is 2.37. The van der Waals surface area contributed by atoms with Gasteiger partial charge in [0.1, 0.15) is 11.6 Å². The number of nitrogens with zero attached hydrogens (tertiary/aromatic N) is 1. The molecule has 0 bridgehead atoms. The molecule has 1 unspecified atom stereocenters. The van der Waals surface area contributed by atoms with Crippen LogP contribution in [0, 0.1) is 11.6 Å². The summed E-state index contributed by atoms with van der Waals surface area (Å²) in [5.41, 5.74) is -0.766. The number of aromatic hydroxyl groups is 2. The summed E-state index contributed by atoms with van der Waals surface area (Å²) in [7, 11) is -4.07. The third kappa shape index (κ3) is 3.73. The smallest absolute Gasteiger partial charge is 0.329 e. The molecule has 2 rings (SSSR count). The highest BCUT2D eigenvalue weighted by Crippen LogP contribution is 2.38. The Morgan fingerprint density at radius 1 is 1.20 bits per heavy atom. The molecule has 25 heavy (non-hydrogen) atoms. The Morgan fingerprint density at radius 3 is 2.24 bits per heavy atom. The first kappa shape index (κ1) is 18.7. The molecule has 0 spiro atoms. The largest absolute Gasteiger partial charge is 0.494 e. The molecule has 2 N–H and O–H groups in total. The molecule has 7 nitrogen and oxygen atoms in total. The molecule has 1 heterocycles. The second kappa shape index (κ2) is 6.71. The minimum atomic E-state index is -4.07. The molecule has 0 radical (unpaired) electrons. The molecule has 1 atom stereocenters. The van der Waals surface area contributed by atoms with Crippen molar-refractivity contribution in [3.63, 3.8) is 0 Å². The first-order chi connectivity index (χ1) is 11.6. The van der Waals surface area contributed by atoms with Gasteiger partial charge in [-0.3, -0.25) is 9.36 Å². The highest BCUT2D eigenvalue weighted by atomic mass is 32.2. The van der Waals surface area contributed by atoms with Gasteiger partial charge in [0.05, 0.1) is 12.3 Å². The van der Waals surface area contributed by atoms with Gasteiger partial charge in [0, 0.05) is 24.0 Å². The molecule has 0 saturated heterocycles. The van der Waals surface area contributed by atoms with E-state index in [2.05, 4.69) is 0 Å². The molecule has 1 aromatic heterocycles. The number of rotatable bonds is 5. The normalized spacial score (nSPS) is 12.8. The summed E-state index contributed by atoms with van der Waals surface area (Å²) in [6.45, 7) is 1.36. The maximum atomic E-state index is 13.4. The average Bonchev–Trinajstić information content (AvgIpc) is 2.71. The first-order valence-corrected chi connectivity index (χ1v) is 8.97. The third-order valence-electron chi connectivity index (χ3n) is 3.30. The minimum absolute atomic E-state index is 0.104. The summed E-state index contributed by atoms with van der Waals surface area (Å²) < 4.78 is 55.9. The Kier molecular flexibility index (Phi) is 5.02. The minimum Gasteiger partial charge on any atom is -0.494 e. The van der Waals surface area contributed by atoms with Gasteiger partial charge in [0.15, 0.2) is 21.0 Å². The molecular formula is C15H15F2NO6S. The molecule has 2 aromatic rings. The lowest BCUT2D eigenvalue weighted by molar-refractivity contribution is -0.142. The van der Waals surface area contributed by atoms with Gasteiger partial charge >= 0.3 is 5.97 Å². The van der Waals surface area contributed by atoms with Gasteiger partial charge in [-0.1, -0.05) is 0 Å². The number of halogens is 2. The lowest BCUT2D eigenvalue weighted by Crippen LogP contribution is -2.23. The number of esters is 1. The number of hydrogen-bond donors (Lipinski definition) is 2. The van der Waals surface area contributed by atoms with Gasteiger partial charge in [0.25, 0.3) is 0 Å². The zero-order valence-corrected chi connectivity index (χ0v) is 14.0. The maximum Gasteiger partial charge on any atom is 0.329 e.